The smallest absolute Gasteiger partial charge is 0.279 e. The topological polar surface area (TPSA) is 24.4 Å². The molecule has 0 spiro atoms. The van der Waals surface area contributed by atoms with Crippen LogP contribution in [0.15, 0.2) is 53.6 Å². The van der Waals surface area contributed by atoms with Crippen LogP contribution in [0.4, 0.5) is 18.9 Å². The van der Waals surface area contributed by atoms with E-state index in [4.69, 9.17) is 0 Å². The van der Waals surface area contributed by atoms with Crippen LogP contribution in [0, 0.1) is 6.92 Å². The van der Waals surface area contributed by atoms with Gasteiger partial charge in [0.25, 0.3) is 0 Å². The Morgan fingerprint density at radius 1 is 0.950 bits per heavy atom. The molecule has 104 valence electrons. The monoisotopic (exact) mass is 278 g/mol. The Labute approximate surface area is 114 Å². The van der Waals surface area contributed by atoms with Gasteiger partial charge in [-0.05, 0) is 36.8 Å². The number of halogens is 3. The number of nitrogens with one attached hydrogen (secondary N) is 1. The summed E-state index contributed by atoms with van der Waals surface area (Å²) in [4.78, 5) is 0. The highest BCUT2D eigenvalue weighted by molar-refractivity contribution is 5.80. The Morgan fingerprint density at radius 2 is 1.55 bits per heavy atom. The molecule has 2 nitrogen and oxygen atoms in total. The van der Waals surface area contributed by atoms with E-state index in [-0.39, 0.29) is 0 Å². The van der Waals surface area contributed by atoms with Gasteiger partial charge in [0.15, 0.2) is 0 Å². The second-order valence-corrected chi connectivity index (χ2v) is 4.36. The molecule has 2 aromatic carbocycles. The SMILES string of the molecule is Cc1ccc(N/N=C\c2ccc(C(F)(F)F)cc2)cc1. The van der Waals surface area contributed by atoms with Crippen molar-refractivity contribution in [2.45, 2.75) is 13.1 Å². The lowest BCUT2D eigenvalue weighted by molar-refractivity contribution is -0.137. The normalized spacial score (nSPS) is 11.8. The van der Waals surface area contributed by atoms with E-state index in [0.29, 0.717) is 5.56 Å². The van der Waals surface area contributed by atoms with E-state index >= 15 is 0 Å². The minimum Gasteiger partial charge on any atom is -0.279 e. The molecule has 0 aromatic heterocycles. The van der Waals surface area contributed by atoms with Crippen LogP contribution >= 0.6 is 0 Å². The summed E-state index contributed by atoms with van der Waals surface area (Å²) in [6.45, 7) is 1.98. The van der Waals surface area contributed by atoms with Crippen LogP contribution in [-0.2, 0) is 6.18 Å². The largest absolute Gasteiger partial charge is 0.416 e. The lowest BCUT2D eigenvalue weighted by Crippen LogP contribution is -2.04. The zero-order valence-electron chi connectivity index (χ0n) is 10.8. The van der Waals surface area contributed by atoms with Crippen LogP contribution in [0.3, 0.4) is 0 Å². The molecule has 0 bridgehead atoms. The molecule has 0 fully saturated rings. The third kappa shape index (κ3) is 3.85. The fourth-order valence-corrected chi connectivity index (χ4v) is 1.57. The highest BCUT2D eigenvalue weighted by Crippen LogP contribution is 2.28. The lowest BCUT2D eigenvalue weighted by Gasteiger charge is -2.05. The molecule has 0 radical (unpaired) electrons. The van der Waals surface area contributed by atoms with Crippen molar-refractivity contribution >= 4 is 11.9 Å². The van der Waals surface area contributed by atoms with Gasteiger partial charge in [-0.1, -0.05) is 29.8 Å². The van der Waals surface area contributed by atoms with Gasteiger partial charge in [0.1, 0.15) is 0 Å². The summed E-state index contributed by atoms with van der Waals surface area (Å²) in [5.41, 5.74) is 4.70. The Kier molecular flexibility index (Phi) is 4.08. The van der Waals surface area contributed by atoms with Crippen LogP contribution in [-0.4, -0.2) is 6.21 Å². The van der Waals surface area contributed by atoms with Crippen molar-refractivity contribution < 1.29 is 13.2 Å². The molecule has 0 aliphatic rings. The maximum Gasteiger partial charge on any atom is 0.416 e. The minimum atomic E-state index is -4.31. The van der Waals surface area contributed by atoms with Crippen LogP contribution < -0.4 is 5.43 Å². The molecule has 0 amide bonds. The number of aryl methyl sites for hydroxylation is 1. The molecular formula is C15H13F3N2. The van der Waals surface area contributed by atoms with E-state index in [0.717, 1.165) is 23.4 Å². The van der Waals surface area contributed by atoms with Crippen molar-refractivity contribution in [3.8, 4) is 0 Å². The van der Waals surface area contributed by atoms with E-state index in [1.807, 2.05) is 31.2 Å². The molecule has 2 rings (SSSR count). The van der Waals surface area contributed by atoms with Crippen molar-refractivity contribution in [2.75, 3.05) is 5.43 Å². The summed E-state index contributed by atoms with van der Waals surface area (Å²) in [5.74, 6) is 0. The first-order chi connectivity index (χ1) is 9.45. The molecule has 2 aromatic rings. The number of benzene rings is 2. The summed E-state index contributed by atoms with van der Waals surface area (Å²) in [6, 6.07) is 12.5. The Bertz CT molecular complexity index is 584. The molecule has 5 heteroatoms. The van der Waals surface area contributed by atoms with Crippen molar-refractivity contribution in [1.82, 2.24) is 0 Å². The van der Waals surface area contributed by atoms with Crippen molar-refractivity contribution in [3.05, 3.63) is 65.2 Å². The minimum absolute atomic E-state index is 0.595. The molecule has 0 heterocycles. The van der Waals surface area contributed by atoms with Gasteiger partial charge in [0, 0.05) is 0 Å². The first-order valence-corrected chi connectivity index (χ1v) is 5.98. The number of anilines is 1. The highest BCUT2D eigenvalue weighted by Gasteiger charge is 2.29. The van der Waals surface area contributed by atoms with Crippen molar-refractivity contribution in [3.63, 3.8) is 0 Å². The van der Waals surface area contributed by atoms with Crippen LogP contribution in [0.5, 0.6) is 0 Å². The number of hydrogen-bond donors (Lipinski definition) is 1. The summed E-state index contributed by atoms with van der Waals surface area (Å²) < 4.78 is 37.1. The standard InChI is InChI=1S/C15H13F3N2/c1-11-2-8-14(9-3-11)20-19-10-12-4-6-13(7-5-12)15(16,17)18/h2-10,20H,1H3/b19-10-. The maximum absolute atomic E-state index is 12.4. The second kappa shape index (κ2) is 5.77. The predicted molar refractivity (Wildman–Crippen MR) is 73.8 cm³/mol. The van der Waals surface area contributed by atoms with Gasteiger partial charge in [-0.2, -0.15) is 18.3 Å². The van der Waals surface area contributed by atoms with Crippen LogP contribution in [0.1, 0.15) is 16.7 Å². The third-order valence-corrected chi connectivity index (χ3v) is 2.70. The van der Waals surface area contributed by atoms with E-state index in [1.54, 1.807) is 0 Å². The third-order valence-electron chi connectivity index (χ3n) is 2.70. The maximum atomic E-state index is 12.4. The molecule has 0 aliphatic carbocycles. The number of rotatable bonds is 3. The Morgan fingerprint density at radius 3 is 2.10 bits per heavy atom. The molecule has 0 saturated heterocycles. The summed E-state index contributed by atoms with van der Waals surface area (Å²) >= 11 is 0. The second-order valence-electron chi connectivity index (χ2n) is 4.36. The predicted octanol–water partition coefficient (Wildman–Crippen LogP) is 4.46. The van der Waals surface area contributed by atoms with Gasteiger partial charge < -0.3 is 0 Å². The van der Waals surface area contributed by atoms with Crippen molar-refractivity contribution in [1.29, 1.82) is 0 Å². The molecule has 20 heavy (non-hydrogen) atoms. The summed E-state index contributed by atoms with van der Waals surface area (Å²) in [5, 5.41) is 3.98. The molecular weight excluding hydrogens is 265 g/mol. The van der Waals surface area contributed by atoms with Crippen LogP contribution in [0.25, 0.3) is 0 Å². The molecule has 0 unspecified atom stereocenters. The molecule has 0 saturated carbocycles. The van der Waals surface area contributed by atoms with Gasteiger partial charge in [-0.3, -0.25) is 5.43 Å². The van der Waals surface area contributed by atoms with Gasteiger partial charge in [-0.15, -0.1) is 0 Å². The van der Waals surface area contributed by atoms with Gasteiger partial charge >= 0.3 is 6.18 Å². The van der Waals surface area contributed by atoms with Gasteiger partial charge in [0.05, 0.1) is 17.5 Å². The zero-order valence-corrected chi connectivity index (χ0v) is 10.8. The number of hydrazone groups is 1. The molecule has 0 aliphatic heterocycles. The molecule has 1 N–H and O–H groups in total. The summed E-state index contributed by atoms with van der Waals surface area (Å²) in [6.07, 6.45) is -2.84. The first-order valence-electron chi connectivity index (χ1n) is 5.98. The average molecular weight is 278 g/mol. The first kappa shape index (κ1) is 14.1. The number of nitrogens with zero attached hydrogens (tertiary/aromatic N) is 1. The quantitative estimate of drug-likeness (QED) is 0.650. The number of hydrogen-bond acceptors (Lipinski definition) is 2. The Hall–Kier alpha value is -2.30. The summed E-state index contributed by atoms with van der Waals surface area (Å²) in [7, 11) is 0. The van der Waals surface area contributed by atoms with E-state index in [9.17, 15) is 13.2 Å². The van der Waals surface area contributed by atoms with E-state index in [2.05, 4.69) is 10.5 Å². The highest BCUT2D eigenvalue weighted by atomic mass is 19.4. The van der Waals surface area contributed by atoms with Crippen LogP contribution in [0.2, 0.25) is 0 Å². The van der Waals surface area contributed by atoms with Gasteiger partial charge in [-0.25, -0.2) is 0 Å². The average Bonchev–Trinajstić information content (AvgIpc) is 2.41. The van der Waals surface area contributed by atoms with E-state index in [1.165, 1.54) is 18.3 Å². The molecule has 0 atom stereocenters. The van der Waals surface area contributed by atoms with Crippen molar-refractivity contribution in [2.24, 2.45) is 5.10 Å². The fourth-order valence-electron chi connectivity index (χ4n) is 1.57. The van der Waals surface area contributed by atoms with Gasteiger partial charge in [0.2, 0.25) is 0 Å². The number of alkyl halides is 3. The zero-order chi connectivity index (χ0) is 14.6. The lowest BCUT2D eigenvalue weighted by atomic mass is 10.1. The fraction of sp³-hybridized carbons (Fsp3) is 0.133. The Balaban J connectivity index is 1.99. The van der Waals surface area contributed by atoms with E-state index < -0.39 is 11.7 Å².